The lowest BCUT2D eigenvalue weighted by molar-refractivity contribution is 0.121. The Kier molecular flexibility index (Phi) is 4.52. The smallest absolute Gasteiger partial charge is 0.0473 e. The minimum absolute atomic E-state index is 0.263. The van der Waals surface area contributed by atoms with E-state index in [0.29, 0.717) is 5.41 Å². The third-order valence-electron chi connectivity index (χ3n) is 5.19. The van der Waals surface area contributed by atoms with Crippen LogP contribution in [0.15, 0.2) is 18.3 Å². The highest BCUT2D eigenvalue weighted by Gasteiger charge is 2.45. The molecule has 1 aliphatic rings. The van der Waals surface area contributed by atoms with Crippen molar-refractivity contribution in [1.82, 2.24) is 4.98 Å². The third-order valence-corrected chi connectivity index (χ3v) is 5.19. The Hall–Kier alpha value is -0.850. The standard InChI is InChI=1S/C20H33N/c1-18(2,3)15-16-10-13-21-17(14-16)20(19(4,5)6)11-8-7-9-12-20/h10,13-14H,7-9,11-12,15H2,1-6H3. The van der Waals surface area contributed by atoms with E-state index in [2.05, 4.69) is 53.7 Å². The van der Waals surface area contributed by atoms with E-state index in [9.17, 15) is 0 Å². The van der Waals surface area contributed by atoms with Gasteiger partial charge in [0, 0.05) is 17.3 Å². The molecule has 0 amide bonds. The Balaban J connectivity index is 2.39. The van der Waals surface area contributed by atoms with Crippen molar-refractivity contribution in [1.29, 1.82) is 0 Å². The van der Waals surface area contributed by atoms with Gasteiger partial charge in [-0.15, -0.1) is 0 Å². The number of rotatable bonds is 2. The van der Waals surface area contributed by atoms with E-state index >= 15 is 0 Å². The van der Waals surface area contributed by atoms with Crippen molar-refractivity contribution < 1.29 is 0 Å². The molecule has 0 atom stereocenters. The van der Waals surface area contributed by atoms with Crippen LogP contribution < -0.4 is 0 Å². The van der Waals surface area contributed by atoms with Crippen molar-refractivity contribution in [3.8, 4) is 0 Å². The third kappa shape index (κ3) is 3.67. The second kappa shape index (κ2) is 5.74. The minimum atomic E-state index is 0.263. The fraction of sp³-hybridized carbons (Fsp3) is 0.750. The summed E-state index contributed by atoms with van der Waals surface area (Å²) >= 11 is 0. The summed E-state index contributed by atoms with van der Waals surface area (Å²) < 4.78 is 0. The van der Waals surface area contributed by atoms with Crippen molar-refractivity contribution >= 4 is 0 Å². The highest BCUT2D eigenvalue weighted by Crippen LogP contribution is 2.50. The van der Waals surface area contributed by atoms with Gasteiger partial charge in [-0.1, -0.05) is 60.8 Å². The molecule has 1 aliphatic carbocycles. The van der Waals surface area contributed by atoms with E-state index < -0.39 is 0 Å². The molecule has 1 heterocycles. The lowest BCUT2D eigenvalue weighted by atomic mass is 9.57. The topological polar surface area (TPSA) is 12.9 Å². The van der Waals surface area contributed by atoms with Crippen molar-refractivity contribution in [2.75, 3.05) is 0 Å². The lowest BCUT2D eigenvalue weighted by Gasteiger charge is -2.47. The molecule has 0 aliphatic heterocycles. The van der Waals surface area contributed by atoms with Crippen LogP contribution in [0.25, 0.3) is 0 Å². The number of pyridine rings is 1. The molecule has 0 N–H and O–H groups in total. The fourth-order valence-corrected chi connectivity index (χ4v) is 4.00. The predicted octanol–water partition coefficient (Wildman–Crippen LogP) is 5.92. The number of aromatic nitrogens is 1. The summed E-state index contributed by atoms with van der Waals surface area (Å²) in [4.78, 5) is 4.83. The lowest BCUT2D eigenvalue weighted by Crippen LogP contribution is -2.42. The summed E-state index contributed by atoms with van der Waals surface area (Å²) in [5.41, 5.74) is 3.66. The monoisotopic (exact) mass is 287 g/mol. The van der Waals surface area contributed by atoms with Crippen molar-refractivity contribution in [2.24, 2.45) is 10.8 Å². The Morgan fingerprint density at radius 3 is 2.14 bits per heavy atom. The van der Waals surface area contributed by atoms with Gasteiger partial charge >= 0.3 is 0 Å². The van der Waals surface area contributed by atoms with Gasteiger partial charge in [0.2, 0.25) is 0 Å². The van der Waals surface area contributed by atoms with E-state index in [1.165, 1.54) is 43.4 Å². The average molecular weight is 287 g/mol. The van der Waals surface area contributed by atoms with Crippen molar-refractivity contribution in [3.05, 3.63) is 29.6 Å². The van der Waals surface area contributed by atoms with Crippen LogP contribution >= 0.6 is 0 Å². The molecule has 0 spiro atoms. The van der Waals surface area contributed by atoms with Gasteiger partial charge < -0.3 is 0 Å². The van der Waals surface area contributed by atoms with Crippen LogP contribution in [0.5, 0.6) is 0 Å². The van der Waals surface area contributed by atoms with E-state index in [4.69, 9.17) is 4.98 Å². The molecule has 0 radical (unpaired) electrons. The van der Waals surface area contributed by atoms with E-state index in [0.717, 1.165) is 6.42 Å². The molecule has 2 rings (SSSR count). The van der Waals surface area contributed by atoms with Gasteiger partial charge in [0.15, 0.2) is 0 Å². The van der Waals surface area contributed by atoms with Gasteiger partial charge in [-0.25, -0.2) is 0 Å². The van der Waals surface area contributed by atoms with Crippen LogP contribution in [0.2, 0.25) is 0 Å². The maximum absolute atomic E-state index is 4.83. The summed E-state index contributed by atoms with van der Waals surface area (Å²) in [6, 6.07) is 4.61. The first-order valence-corrected chi connectivity index (χ1v) is 8.60. The number of hydrogen-bond donors (Lipinski definition) is 0. The Morgan fingerprint density at radius 2 is 1.62 bits per heavy atom. The minimum Gasteiger partial charge on any atom is -0.261 e. The maximum atomic E-state index is 4.83. The molecule has 1 aromatic heterocycles. The summed E-state index contributed by atoms with van der Waals surface area (Å²) in [6.07, 6.45) is 9.84. The zero-order valence-corrected chi connectivity index (χ0v) is 14.9. The molecular formula is C20H33N. The molecule has 0 aromatic carbocycles. The molecular weight excluding hydrogens is 254 g/mol. The second-order valence-corrected chi connectivity index (χ2v) is 9.18. The molecule has 1 aromatic rings. The Morgan fingerprint density at radius 1 is 1.00 bits per heavy atom. The molecule has 1 saturated carbocycles. The quantitative estimate of drug-likeness (QED) is 0.658. The highest BCUT2D eigenvalue weighted by molar-refractivity contribution is 5.27. The molecule has 1 nitrogen and oxygen atoms in total. The first-order valence-electron chi connectivity index (χ1n) is 8.60. The number of hydrogen-bond acceptors (Lipinski definition) is 1. The molecule has 1 heteroatoms. The van der Waals surface area contributed by atoms with Gasteiger partial charge in [0.1, 0.15) is 0 Å². The van der Waals surface area contributed by atoms with E-state index in [1.54, 1.807) is 0 Å². The van der Waals surface area contributed by atoms with Crippen LogP contribution in [0.4, 0.5) is 0 Å². The SMILES string of the molecule is CC(C)(C)Cc1ccnc(C2(C(C)(C)C)CCCCC2)c1. The van der Waals surface area contributed by atoms with Crippen molar-refractivity contribution in [3.63, 3.8) is 0 Å². The van der Waals surface area contributed by atoms with Gasteiger partial charge in [-0.05, 0) is 47.8 Å². The fourth-order valence-electron chi connectivity index (χ4n) is 4.00. The second-order valence-electron chi connectivity index (χ2n) is 9.18. The molecule has 0 unspecified atom stereocenters. The van der Waals surface area contributed by atoms with Gasteiger partial charge in [-0.2, -0.15) is 0 Å². The van der Waals surface area contributed by atoms with Crippen LogP contribution in [0, 0.1) is 10.8 Å². The zero-order valence-electron chi connectivity index (χ0n) is 14.9. The first-order chi connectivity index (χ1) is 9.64. The summed E-state index contributed by atoms with van der Waals surface area (Å²) in [5.74, 6) is 0. The zero-order chi connectivity index (χ0) is 15.7. The number of nitrogens with zero attached hydrogens (tertiary/aromatic N) is 1. The summed E-state index contributed by atoms with van der Waals surface area (Å²) in [7, 11) is 0. The van der Waals surface area contributed by atoms with Crippen LogP contribution in [0.3, 0.4) is 0 Å². The first kappa shape index (κ1) is 16.5. The normalized spacial score (nSPS) is 19.5. The maximum Gasteiger partial charge on any atom is 0.0473 e. The van der Waals surface area contributed by atoms with Gasteiger partial charge in [0.05, 0.1) is 0 Å². The summed E-state index contributed by atoms with van der Waals surface area (Å²) in [5, 5.41) is 0. The molecule has 118 valence electrons. The van der Waals surface area contributed by atoms with E-state index in [1.807, 2.05) is 6.20 Å². The molecule has 21 heavy (non-hydrogen) atoms. The predicted molar refractivity (Wildman–Crippen MR) is 91.6 cm³/mol. The highest BCUT2D eigenvalue weighted by atomic mass is 14.7. The largest absolute Gasteiger partial charge is 0.261 e. The average Bonchev–Trinajstić information content (AvgIpc) is 2.36. The van der Waals surface area contributed by atoms with Crippen LogP contribution in [-0.2, 0) is 11.8 Å². The molecule has 1 fully saturated rings. The Bertz CT molecular complexity index is 467. The Labute approximate surface area is 131 Å². The molecule has 0 saturated heterocycles. The van der Waals surface area contributed by atoms with Gasteiger partial charge in [0.25, 0.3) is 0 Å². The van der Waals surface area contributed by atoms with Crippen LogP contribution in [-0.4, -0.2) is 4.98 Å². The summed E-state index contributed by atoms with van der Waals surface area (Å²) in [6.45, 7) is 14.1. The van der Waals surface area contributed by atoms with Gasteiger partial charge in [-0.3, -0.25) is 4.98 Å². The molecule has 0 bridgehead atoms. The van der Waals surface area contributed by atoms with Crippen molar-refractivity contribution in [2.45, 2.75) is 85.5 Å². The van der Waals surface area contributed by atoms with E-state index in [-0.39, 0.29) is 10.8 Å². The van der Waals surface area contributed by atoms with Crippen LogP contribution in [0.1, 0.15) is 84.9 Å².